The Morgan fingerprint density at radius 2 is 1.85 bits per heavy atom. The number of rotatable bonds is 4. The van der Waals surface area contributed by atoms with E-state index < -0.39 is 0 Å². The number of fused-ring (bicyclic) bond motifs is 1. The Morgan fingerprint density at radius 1 is 1.00 bits per heavy atom. The first-order valence-electron chi connectivity index (χ1n) is 11.1. The smallest absolute Gasteiger partial charge is 0.133 e. The van der Waals surface area contributed by atoms with Crippen molar-refractivity contribution in [2.75, 3.05) is 18.8 Å². The highest BCUT2D eigenvalue weighted by molar-refractivity contribution is 7.22. The molecule has 166 valence electrons. The van der Waals surface area contributed by atoms with Crippen molar-refractivity contribution in [3.8, 4) is 32.8 Å². The molecule has 0 unspecified atom stereocenters. The van der Waals surface area contributed by atoms with Crippen molar-refractivity contribution in [2.24, 2.45) is 7.05 Å². The Morgan fingerprint density at radius 3 is 2.67 bits per heavy atom. The largest absolute Gasteiger partial charge is 0.383 e. The summed E-state index contributed by atoms with van der Waals surface area (Å²) in [4.78, 5) is 9.39. The van der Waals surface area contributed by atoms with Crippen LogP contribution in [0.25, 0.3) is 43.0 Å². The van der Waals surface area contributed by atoms with Gasteiger partial charge >= 0.3 is 0 Å². The van der Waals surface area contributed by atoms with E-state index in [2.05, 4.69) is 43.5 Å². The van der Waals surface area contributed by atoms with Crippen LogP contribution in [0.3, 0.4) is 0 Å². The number of nitrogens with one attached hydrogen (secondary N) is 1. The molecular formula is C24H24N8S. The molecule has 5 heterocycles. The van der Waals surface area contributed by atoms with Gasteiger partial charge in [0.05, 0.1) is 34.2 Å². The van der Waals surface area contributed by atoms with Gasteiger partial charge in [-0.1, -0.05) is 12.1 Å². The van der Waals surface area contributed by atoms with Gasteiger partial charge in [0.25, 0.3) is 0 Å². The number of aryl methyl sites for hydroxylation is 1. The molecule has 0 amide bonds. The zero-order valence-electron chi connectivity index (χ0n) is 18.3. The third-order valence-electron chi connectivity index (χ3n) is 6.20. The second kappa shape index (κ2) is 8.09. The second-order valence-corrected chi connectivity index (χ2v) is 9.42. The minimum atomic E-state index is 0.441. The van der Waals surface area contributed by atoms with Crippen LogP contribution in [-0.2, 0) is 7.05 Å². The molecule has 33 heavy (non-hydrogen) atoms. The number of thiazole rings is 1. The molecule has 1 saturated heterocycles. The predicted molar refractivity (Wildman–Crippen MR) is 132 cm³/mol. The third kappa shape index (κ3) is 3.69. The number of hydrogen-bond donors (Lipinski definition) is 2. The fourth-order valence-electron chi connectivity index (χ4n) is 4.41. The second-order valence-electron chi connectivity index (χ2n) is 8.42. The van der Waals surface area contributed by atoms with Crippen molar-refractivity contribution in [1.82, 2.24) is 34.8 Å². The zero-order chi connectivity index (χ0) is 22.4. The highest BCUT2D eigenvalue weighted by atomic mass is 32.1. The molecule has 1 fully saturated rings. The maximum atomic E-state index is 6.31. The summed E-state index contributed by atoms with van der Waals surface area (Å²) in [6.07, 6.45) is 11.9. The molecule has 0 saturated carbocycles. The SMILES string of the molecule is Cn1cc(-c2cccc3nc(-c4cc(-c5cnn(C6CCNCC6)c5)cnc4N)sc23)cn1. The molecule has 8 nitrogen and oxygen atoms in total. The lowest BCUT2D eigenvalue weighted by molar-refractivity contribution is 0.343. The molecule has 0 atom stereocenters. The maximum absolute atomic E-state index is 6.31. The topological polar surface area (TPSA) is 99.5 Å². The minimum Gasteiger partial charge on any atom is -0.383 e. The number of anilines is 1. The Labute approximate surface area is 195 Å². The van der Waals surface area contributed by atoms with Crippen LogP contribution in [0, 0.1) is 0 Å². The lowest BCUT2D eigenvalue weighted by Gasteiger charge is -2.22. The van der Waals surface area contributed by atoms with Crippen molar-refractivity contribution < 1.29 is 0 Å². The minimum absolute atomic E-state index is 0.441. The molecule has 1 aliphatic rings. The van der Waals surface area contributed by atoms with Gasteiger partial charge in [-0.05, 0) is 38.1 Å². The Kier molecular flexibility index (Phi) is 4.92. The van der Waals surface area contributed by atoms with E-state index in [4.69, 9.17) is 10.7 Å². The van der Waals surface area contributed by atoms with E-state index in [1.54, 1.807) is 11.3 Å². The van der Waals surface area contributed by atoms with E-state index in [1.807, 2.05) is 48.6 Å². The molecule has 5 aromatic rings. The van der Waals surface area contributed by atoms with Gasteiger partial charge in [0.2, 0.25) is 0 Å². The quantitative estimate of drug-likeness (QED) is 0.422. The first kappa shape index (κ1) is 20.1. The van der Waals surface area contributed by atoms with Gasteiger partial charge in [0, 0.05) is 47.9 Å². The fourth-order valence-corrected chi connectivity index (χ4v) is 5.54. The normalized spacial score (nSPS) is 14.8. The van der Waals surface area contributed by atoms with E-state index in [9.17, 15) is 0 Å². The van der Waals surface area contributed by atoms with Crippen LogP contribution >= 0.6 is 11.3 Å². The van der Waals surface area contributed by atoms with Crippen molar-refractivity contribution in [3.63, 3.8) is 0 Å². The molecule has 9 heteroatoms. The van der Waals surface area contributed by atoms with Crippen molar-refractivity contribution in [1.29, 1.82) is 0 Å². The number of nitrogen functional groups attached to an aromatic ring is 1. The van der Waals surface area contributed by atoms with Gasteiger partial charge in [-0.3, -0.25) is 9.36 Å². The van der Waals surface area contributed by atoms with Crippen molar-refractivity contribution in [2.45, 2.75) is 18.9 Å². The predicted octanol–water partition coefficient (Wildman–Crippen LogP) is 4.13. The molecule has 1 aliphatic heterocycles. The van der Waals surface area contributed by atoms with Crippen LogP contribution in [0.2, 0.25) is 0 Å². The Hall–Kier alpha value is -3.56. The summed E-state index contributed by atoms with van der Waals surface area (Å²) in [6, 6.07) is 8.69. The number of pyridine rings is 1. The molecule has 0 aliphatic carbocycles. The highest BCUT2D eigenvalue weighted by Crippen LogP contribution is 2.39. The summed E-state index contributed by atoms with van der Waals surface area (Å²) in [5.41, 5.74) is 12.3. The van der Waals surface area contributed by atoms with E-state index >= 15 is 0 Å². The number of aromatic nitrogens is 6. The van der Waals surface area contributed by atoms with Crippen LogP contribution in [0.1, 0.15) is 18.9 Å². The molecule has 3 N–H and O–H groups in total. The molecule has 6 rings (SSSR count). The molecule has 0 radical (unpaired) electrons. The molecule has 0 bridgehead atoms. The van der Waals surface area contributed by atoms with Crippen LogP contribution in [0.5, 0.6) is 0 Å². The van der Waals surface area contributed by atoms with Crippen molar-refractivity contribution in [3.05, 3.63) is 55.2 Å². The van der Waals surface area contributed by atoms with Gasteiger partial charge in [-0.15, -0.1) is 11.3 Å². The van der Waals surface area contributed by atoms with Gasteiger partial charge < -0.3 is 11.1 Å². The molecular weight excluding hydrogens is 432 g/mol. The van der Waals surface area contributed by atoms with E-state index in [-0.39, 0.29) is 0 Å². The van der Waals surface area contributed by atoms with Gasteiger partial charge in [0.15, 0.2) is 0 Å². The first-order chi connectivity index (χ1) is 16.2. The van der Waals surface area contributed by atoms with Crippen LogP contribution < -0.4 is 11.1 Å². The van der Waals surface area contributed by atoms with Crippen LogP contribution in [0.4, 0.5) is 5.82 Å². The Bertz CT molecular complexity index is 1440. The van der Waals surface area contributed by atoms with E-state index in [0.717, 1.165) is 69.0 Å². The molecule has 0 spiro atoms. The standard InChI is InChI=1S/C24H24N8S/c1-31-13-17(12-28-31)19-3-2-4-21-22(19)33-24(30-21)20-9-15(10-27-23(20)25)16-11-29-32(14-16)18-5-7-26-8-6-18/h2-4,9-14,18,26H,5-8H2,1H3,(H2,25,27). The molecule has 4 aromatic heterocycles. The number of nitrogens with zero attached hydrogens (tertiary/aromatic N) is 6. The third-order valence-corrected chi connectivity index (χ3v) is 7.34. The number of piperidine rings is 1. The van der Waals surface area contributed by atoms with Gasteiger partial charge in [-0.25, -0.2) is 9.97 Å². The van der Waals surface area contributed by atoms with E-state index in [1.165, 1.54) is 0 Å². The number of nitrogens with two attached hydrogens (primary N) is 1. The van der Waals surface area contributed by atoms with Gasteiger partial charge in [-0.2, -0.15) is 10.2 Å². The zero-order valence-corrected chi connectivity index (χ0v) is 19.1. The lowest BCUT2D eigenvalue weighted by Crippen LogP contribution is -2.29. The summed E-state index contributed by atoms with van der Waals surface area (Å²) in [5.74, 6) is 0.478. The monoisotopic (exact) mass is 456 g/mol. The summed E-state index contributed by atoms with van der Waals surface area (Å²) in [6.45, 7) is 2.07. The van der Waals surface area contributed by atoms with Crippen LogP contribution in [0.15, 0.2) is 55.2 Å². The molecule has 1 aromatic carbocycles. The average Bonchev–Trinajstić information content (AvgIpc) is 3.59. The van der Waals surface area contributed by atoms with Gasteiger partial charge in [0.1, 0.15) is 10.8 Å². The summed E-state index contributed by atoms with van der Waals surface area (Å²) < 4.78 is 5.01. The fraction of sp³-hybridized carbons (Fsp3) is 0.250. The number of benzene rings is 1. The highest BCUT2D eigenvalue weighted by Gasteiger charge is 2.18. The maximum Gasteiger partial charge on any atom is 0.133 e. The summed E-state index contributed by atoms with van der Waals surface area (Å²) in [7, 11) is 1.92. The first-order valence-corrected chi connectivity index (χ1v) is 11.9. The summed E-state index contributed by atoms with van der Waals surface area (Å²) >= 11 is 1.63. The Balaban J connectivity index is 1.38. The van der Waals surface area contributed by atoms with Crippen molar-refractivity contribution >= 4 is 27.4 Å². The average molecular weight is 457 g/mol. The van der Waals surface area contributed by atoms with Crippen LogP contribution in [-0.4, -0.2) is 42.6 Å². The summed E-state index contributed by atoms with van der Waals surface area (Å²) in [5, 5.41) is 13.2. The number of hydrogen-bond acceptors (Lipinski definition) is 7. The van der Waals surface area contributed by atoms with E-state index in [0.29, 0.717) is 11.9 Å². The lowest BCUT2D eigenvalue weighted by atomic mass is 10.1.